The Morgan fingerprint density at radius 3 is 2.75 bits per heavy atom. The van der Waals surface area contributed by atoms with Gasteiger partial charge in [0.05, 0.1) is 11.1 Å². The average Bonchev–Trinajstić information content (AvgIpc) is 2.48. The van der Waals surface area contributed by atoms with Gasteiger partial charge in [0.2, 0.25) is 0 Å². The summed E-state index contributed by atoms with van der Waals surface area (Å²) in [6.07, 6.45) is 2.49. The molecule has 0 saturated carbocycles. The maximum absolute atomic E-state index is 11.0. The van der Waals surface area contributed by atoms with Gasteiger partial charge in [-0.2, -0.15) is 0 Å². The number of rotatable bonds is 3. The molecule has 1 heterocycles. The molecule has 3 aromatic rings. The molecule has 2 aromatic carbocycles. The molecule has 0 aliphatic rings. The summed E-state index contributed by atoms with van der Waals surface area (Å²) in [7, 11) is 0. The van der Waals surface area contributed by atoms with Gasteiger partial charge < -0.3 is 5.11 Å². The van der Waals surface area contributed by atoms with Crippen molar-refractivity contribution in [1.82, 2.24) is 4.98 Å². The normalized spacial score (nSPS) is 10.6. The molecular weight excluding hydrogens is 250 g/mol. The van der Waals surface area contributed by atoms with E-state index in [1.165, 1.54) is 0 Å². The summed E-state index contributed by atoms with van der Waals surface area (Å²) in [5.74, 6) is -0.897. The van der Waals surface area contributed by atoms with Crippen molar-refractivity contribution in [2.75, 3.05) is 0 Å². The molecule has 0 saturated heterocycles. The summed E-state index contributed by atoms with van der Waals surface area (Å²) < 4.78 is 0. The number of nitrogens with zero attached hydrogens (tertiary/aromatic N) is 1. The van der Waals surface area contributed by atoms with Crippen molar-refractivity contribution in [3.63, 3.8) is 0 Å². The predicted octanol–water partition coefficient (Wildman–Crippen LogP) is 3.52. The van der Waals surface area contributed by atoms with Crippen LogP contribution in [0.4, 0.5) is 0 Å². The van der Waals surface area contributed by atoms with Crippen molar-refractivity contribution in [3.8, 4) is 0 Å². The number of carbonyl (C=O) groups is 1. The summed E-state index contributed by atoms with van der Waals surface area (Å²) in [5, 5.41) is 10.1. The number of aromatic nitrogens is 1. The van der Waals surface area contributed by atoms with Crippen molar-refractivity contribution in [1.29, 1.82) is 0 Å². The highest BCUT2D eigenvalue weighted by Gasteiger charge is 2.06. The molecule has 3 heteroatoms. The summed E-state index contributed by atoms with van der Waals surface area (Å²) in [5.41, 5.74) is 3.42. The number of benzene rings is 2. The Labute approximate surface area is 116 Å². The highest BCUT2D eigenvalue weighted by atomic mass is 16.4. The molecule has 0 unspecified atom stereocenters. The van der Waals surface area contributed by atoms with Crippen molar-refractivity contribution in [2.24, 2.45) is 0 Å². The lowest BCUT2D eigenvalue weighted by Crippen LogP contribution is -1.98. The molecule has 0 fully saturated rings. The van der Waals surface area contributed by atoms with Gasteiger partial charge in [-0.15, -0.1) is 0 Å². The molecule has 98 valence electrons. The van der Waals surface area contributed by atoms with Gasteiger partial charge in [-0.25, -0.2) is 4.79 Å². The molecule has 1 aromatic heterocycles. The van der Waals surface area contributed by atoms with Crippen molar-refractivity contribution in [3.05, 3.63) is 77.5 Å². The standard InChI is InChI=1S/C17H13NO2/c19-17(20)14-5-3-4-12(11-14)10-13-8-9-18-16-7-2-1-6-15(13)16/h1-9,11H,10H2,(H,19,20). The Kier molecular flexibility index (Phi) is 3.17. The fraction of sp³-hybridized carbons (Fsp3) is 0.0588. The van der Waals surface area contributed by atoms with Gasteiger partial charge in [0, 0.05) is 11.6 Å². The number of hydrogen-bond donors (Lipinski definition) is 1. The number of fused-ring (bicyclic) bond motifs is 1. The smallest absolute Gasteiger partial charge is 0.335 e. The zero-order chi connectivity index (χ0) is 13.9. The summed E-state index contributed by atoms with van der Waals surface area (Å²) in [6.45, 7) is 0. The molecule has 0 amide bonds. The Balaban J connectivity index is 2.01. The second-order valence-corrected chi connectivity index (χ2v) is 4.67. The highest BCUT2D eigenvalue weighted by Crippen LogP contribution is 2.20. The van der Waals surface area contributed by atoms with Crippen LogP contribution in [0, 0.1) is 0 Å². The van der Waals surface area contributed by atoms with Gasteiger partial charge in [0.25, 0.3) is 0 Å². The molecule has 0 aliphatic carbocycles. The van der Waals surface area contributed by atoms with Crippen LogP contribution in [0.3, 0.4) is 0 Å². The van der Waals surface area contributed by atoms with E-state index in [1.54, 1.807) is 24.4 Å². The van der Waals surface area contributed by atoms with Crippen LogP contribution in [0.25, 0.3) is 10.9 Å². The van der Waals surface area contributed by atoms with E-state index in [0.717, 1.165) is 22.0 Å². The van der Waals surface area contributed by atoms with Crippen molar-refractivity contribution >= 4 is 16.9 Å². The van der Waals surface area contributed by atoms with Gasteiger partial charge in [-0.1, -0.05) is 30.3 Å². The number of hydrogen-bond acceptors (Lipinski definition) is 2. The lowest BCUT2D eigenvalue weighted by molar-refractivity contribution is 0.0697. The first-order chi connectivity index (χ1) is 9.74. The van der Waals surface area contributed by atoms with Crippen LogP contribution in [-0.2, 0) is 6.42 Å². The molecule has 0 atom stereocenters. The molecule has 1 N–H and O–H groups in total. The predicted molar refractivity (Wildman–Crippen MR) is 78.0 cm³/mol. The number of carboxylic acids is 1. The second-order valence-electron chi connectivity index (χ2n) is 4.67. The molecule has 0 bridgehead atoms. The Morgan fingerprint density at radius 1 is 1.05 bits per heavy atom. The second kappa shape index (κ2) is 5.13. The number of aromatic carboxylic acids is 1. The quantitative estimate of drug-likeness (QED) is 0.786. The van der Waals surface area contributed by atoms with E-state index >= 15 is 0 Å². The van der Waals surface area contributed by atoms with E-state index in [4.69, 9.17) is 5.11 Å². The van der Waals surface area contributed by atoms with Crippen LogP contribution in [0.1, 0.15) is 21.5 Å². The maximum Gasteiger partial charge on any atom is 0.335 e. The minimum absolute atomic E-state index is 0.320. The molecule has 20 heavy (non-hydrogen) atoms. The first kappa shape index (κ1) is 12.4. The molecular formula is C17H13NO2. The third kappa shape index (κ3) is 2.38. The van der Waals surface area contributed by atoms with Gasteiger partial charge >= 0.3 is 5.97 Å². The van der Waals surface area contributed by atoms with Gasteiger partial charge in [-0.05, 0) is 41.8 Å². The summed E-state index contributed by atoms with van der Waals surface area (Å²) in [4.78, 5) is 15.3. The van der Waals surface area contributed by atoms with Crippen LogP contribution in [0.2, 0.25) is 0 Å². The molecule has 0 aliphatic heterocycles. The molecule has 0 spiro atoms. The van der Waals surface area contributed by atoms with Crippen LogP contribution in [0.15, 0.2) is 60.8 Å². The first-order valence-electron chi connectivity index (χ1n) is 6.39. The summed E-state index contributed by atoms with van der Waals surface area (Å²) >= 11 is 0. The topological polar surface area (TPSA) is 50.2 Å². The lowest BCUT2D eigenvalue weighted by Gasteiger charge is -2.06. The van der Waals surface area contributed by atoms with E-state index in [-0.39, 0.29) is 0 Å². The molecule has 3 nitrogen and oxygen atoms in total. The minimum atomic E-state index is -0.897. The van der Waals surface area contributed by atoms with E-state index in [2.05, 4.69) is 4.98 Å². The highest BCUT2D eigenvalue weighted by molar-refractivity contribution is 5.88. The third-order valence-corrected chi connectivity index (χ3v) is 3.31. The van der Waals surface area contributed by atoms with Crippen LogP contribution in [0.5, 0.6) is 0 Å². The third-order valence-electron chi connectivity index (χ3n) is 3.31. The van der Waals surface area contributed by atoms with Gasteiger partial charge in [-0.3, -0.25) is 4.98 Å². The van der Waals surface area contributed by atoms with E-state index in [1.807, 2.05) is 36.4 Å². The average molecular weight is 263 g/mol. The Bertz CT molecular complexity index is 775. The fourth-order valence-electron chi connectivity index (χ4n) is 2.34. The number of carboxylic acid groups (broad SMARTS) is 1. The van der Waals surface area contributed by atoms with Gasteiger partial charge in [0.1, 0.15) is 0 Å². The van der Waals surface area contributed by atoms with E-state index < -0.39 is 5.97 Å². The largest absolute Gasteiger partial charge is 0.478 e. The fourth-order valence-corrected chi connectivity index (χ4v) is 2.34. The van der Waals surface area contributed by atoms with Crippen LogP contribution in [-0.4, -0.2) is 16.1 Å². The number of para-hydroxylation sites is 1. The zero-order valence-corrected chi connectivity index (χ0v) is 10.8. The van der Waals surface area contributed by atoms with Crippen LogP contribution >= 0.6 is 0 Å². The lowest BCUT2D eigenvalue weighted by atomic mass is 10.00. The van der Waals surface area contributed by atoms with E-state index in [0.29, 0.717) is 12.0 Å². The summed E-state index contributed by atoms with van der Waals surface area (Å²) in [6, 6.07) is 17.0. The van der Waals surface area contributed by atoms with Crippen molar-refractivity contribution in [2.45, 2.75) is 6.42 Å². The number of pyridine rings is 1. The molecule has 0 radical (unpaired) electrons. The molecule has 3 rings (SSSR count). The van der Waals surface area contributed by atoms with Crippen molar-refractivity contribution < 1.29 is 9.90 Å². The first-order valence-corrected chi connectivity index (χ1v) is 6.39. The van der Waals surface area contributed by atoms with Crippen LogP contribution < -0.4 is 0 Å². The monoisotopic (exact) mass is 263 g/mol. The van der Waals surface area contributed by atoms with Gasteiger partial charge in [0.15, 0.2) is 0 Å². The zero-order valence-electron chi connectivity index (χ0n) is 10.8. The maximum atomic E-state index is 11.0. The SMILES string of the molecule is O=C(O)c1cccc(Cc2ccnc3ccccc23)c1. The minimum Gasteiger partial charge on any atom is -0.478 e. The Morgan fingerprint density at radius 2 is 1.90 bits per heavy atom. The van der Waals surface area contributed by atoms with E-state index in [9.17, 15) is 4.79 Å². The Hall–Kier alpha value is -2.68.